The van der Waals surface area contributed by atoms with Gasteiger partial charge >= 0.3 is 0 Å². The van der Waals surface area contributed by atoms with E-state index in [-0.39, 0.29) is 16.7 Å². The summed E-state index contributed by atoms with van der Waals surface area (Å²) in [6, 6.07) is 11.5. The van der Waals surface area contributed by atoms with Crippen molar-refractivity contribution in [3.8, 4) is 5.75 Å². The summed E-state index contributed by atoms with van der Waals surface area (Å²) in [5.41, 5.74) is 2.51. The molecule has 0 fully saturated rings. The lowest BCUT2D eigenvalue weighted by molar-refractivity contribution is 0.465. The zero-order chi connectivity index (χ0) is 15.6. The van der Waals surface area contributed by atoms with Crippen molar-refractivity contribution in [3.63, 3.8) is 0 Å². The molecule has 21 heavy (non-hydrogen) atoms. The van der Waals surface area contributed by atoms with E-state index in [1.54, 1.807) is 18.2 Å². The summed E-state index contributed by atoms with van der Waals surface area (Å²) >= 11 is 0. The van der Waals surface area contributed by atoms with Crippen LogP contribution in [-0.2, 0) is 10.0 Å². The van der Waals surface area contributed by atoms with Gasteiger partial charge in [-0.1, -0.05) is 12.1 Å². The van der Waals surface area contributed by atoms with Gasteiger partial charge in [-0.2, -0.15) is 0 Å². The Balaban J connectivity index is 2.18. The zero-order valence-corrected chi connectivity index (χ0v) is 12.7. The molecule has 0 saturated heterocycles. The number of phenols is 1. The number of hydrogen-bond acceptors (Lipinski definition) is 4. The molecule has 2 aromatic rings. The molecule has 0 aliphatic heterocycles. The predicted molar refractivity (Wildman–Crippen MR) is 82.7 cm³/mol. The van der Waals surface area contributed by atoms with Crippen LogP contribution in [0.5, 0.6) is 5.75 Å². The molecule has 0 aromatic heterocycles. The number of nitrogens with one attached hydrogen (secondary N) is 1. The minimum absolute atomic E-state index is 0.0684. The minimum Gasteiger partial charge on any atom is -0.508 e. The minimum atomic E-state index is -3.68. The van der Waals surface area contributed by atoms with Gasteiger partial charge in [0.2, 0.25) is 10.0 Å². The molecular weight excluding hydrogens is 288 g/mol. The van der Waals surface area contributed by atoms with Crippen LogP contribution in [0, 0.1) is 6.92 Å². The third-order valence-electron chi connectivity index (χ3n) is 3.22. The maximum absolute atomic E-state index is 11.2. The number of phenolic OH excluding ortho intramolecular Hbond substituents is 1. The van der Waals surface area contributed by atoms with Crippen LogP contribution in [0.2, 0.25) is 0 Å². The van der Waals surface area contributed by atoms with Crippen LogP contribution in [0.4, 0.5) is 5.69 Å². The zero-order valence-electron chi connectivity index (χ0n) is 11.9. The quantitative estimate of drug-likeness (QED) is 0.809. The number of nitrogens with two attached hydrogens (primary N) is 1. The van der Waals surface area contributed by atoms with E-state index in [0.717, 1.165) is 16.8 Å². The molecule has 0 aliphatic rings. The molecule has 1 atom stereocenters. The van der Waals surface area contributed by atoms with Gasteiger partial charge in [0, 0.05) is 11.3 Å². The molecule has 0 spiro atoms. The fraction of sp³-hybridized carbons (Fsp3) is 0.200. The summed E-state index contributed by atoms with van der Waals surface area (Å²) in [6.45, 7) is 3.82. The van der Waals surface area contributed by atoms with E-state index < -0.39 is 10.0 Å². The maximum atomic E-state index is 11.2. The van der Waals surface area contributed by atoms with Crippen LogP contribution in [0.3, 0.4) is 0 Å². The number of aromatic hydroxyl groups is 1. The molecule has 0 heterocycles. The van der Waals surface area contributed by atoms with Crippen LogP contribution >= 0.6 is 0 Å². The van der Waals surface area contributed by atoms with Crippen molar-refractivity contribution < 1.29 is 13.5 Å². The summed E-state index contributed by atoms with van der Waals surface area (Å²) in [5.74, 6) is 0.233. The van der Waals surface area contributed by atoms with Gasteiger partial charge in [0.1, 0.15) is 5.75 Å². The van der Waals surface area contributed by atoms with Crippen molar-refractivity contribution in [1.82, 2.24) is 0 Å². The average molecular weight is 306 g/mol. The second-order valence-corrected chi connectivity index (χ2v) is 6.56. The van der Waals surface area contributed by atoms with Gasteiger partial charge in [0.15, 0.2) is 0 Å². The Hall–Kier alpha value is -2.05. The first-order chi connectivity index (χ1) is 9.77. The topological polar surface area (TPSA) is 92.4 Å². The summed E-state index contributed by atoms with van der Waals surface area (Å²) in [4.78, 5) is 0.0684. The first-order valence-electron chi connectivity index (χ1n) is 6.46. The third-order valence-corrected chi connectivity index (χ3v) is 4.15. The molecule has 1 unspecified atom stereocenters. The molecule has 6 heteroatoms. The molecule has 5 nitrogen and oxygen atoms in total. The Morgan fingerprint density at radius 1 is 1.14 bits per heavy atom. The van der Waals surface area contributed by atoms with Gasteiger partial charge in [-0.15, -0.1) is 0 Å². The van der Waals surface area contributed by atoms with Gasteiger partial charge in [0.25, 0.3) is 0 Å². The first-order valence-corrected chi connectivity index (χ1v) is 8.01. The second kappa shape index (κ2) is 5.75. The second-order valence-electron chi connectivity index (χ2n) is 5.00. The highest BCUT2D eigenvalue weighted by Gasteiger charge is 2.11. The summed E-state index contributed by atoms with van der Waals surface area (Å²) in [6.07, 6.45) is 0. The lowest BCUT2D eigenvalue weighted by Crippen LogP contribution is -2.12. The van der Waals surface area contributed by atoms with Crippen molar-refractivity contribution in [2.45, 2.75) is 24.8 Å². The monoisotopic (exact) mass is 306 g/mol. The molecule has 2 aromatic carbocycles. The fourth-order valence-electron chi connectivity index (χ4n) is 2.09. The van der Waals surface area contributed by atoms with E-state index in [2.05, 4.69) is 5.32 Å². The van der Waals surface area contributed by atoms with E-state index in [9.17, 15) is 13.5 Å². The smallest absolute Gasteiger partial charge is 0.238 e. The summed E-state index contributed by atoms with van der Waals surface area (Å²) in [7, 11) is -3.68. The number of rotatable bonds is 4. The van der Waals surface area contributed by atoms with E-state index >= 15 is 0 Å². The number of sulfonamides is 1. The molecule has 0 bridgehead atoms. The molecule has 0 aliphatic carbocycles. The Morgan fingerprint density at radius 2 is 1.76 bits per heavy atom. The number of benzene rings is 2. The van der Waals surface area contributed by atoms with E-state index in [1.165, 1.54) is 12.1 Å². The number of primary sulfonamides is 1. The van der Waals surface area contributed by atoms with Crippen LogP contribution in [0.1, 0.15) is 24.1 Å². The van der Waals surface area contributed by atoms with Crippen LogP contribution in [-0.4, -0.2) is 13.5 Å². The van der Waals surface area contributed by atoms with E-state index in [4.69, 9.17) is 5.14 Å². The maximum Gasteiger partial charge on any atom is 0.238 e. The van der Waals surface area contributed by atoms with Crippen LogP contribution < -0.4 is 10.5 Å². The SMILES string of the molecule is Cc1ccc(C(C)Nc2ccc(S(N)(=O)=O)cc2)c(O)c1. The Kier molecular flexibility index (Phi) is 4.20. The lowest BCUT2D eigenvalue weighted by atomic mass is 10.0. The van der Waals surface area contributed by atoms with Gasteiger partial charge in [-0.05, 0) is 49.7 Å². The van der Waals surface area contributed by atoms with Crippen LogP contribution in [0.15, 0.2) is 47.4 Å². The molecule has 2 rings (SSSR count). The highest BCUT2D eigenvalue weighted by atomic mass is 32.2. The predicted octanol–water partition coefficient (Wildman–Crippen LogP) is 2.52. The molecule has 112 valence electrons. The molecular formula is C15H18N2O3S. The van der Waals surface area contributed by atoms with Crippen molar-refractivity contribution in [1.29, 1.82) is 0 Å². The fourth-order valence-corrected chi connectivity index (χ4v) is 2.60. The molecule has 0 saturated carbocycles. The summed E-state index contributed by atoms with van der Waals surface area (Å²) in [5, 5.41) is 18.2. The Labute approximate surface area is 124 Å². The average Bonchev–Trinajstić information content (AvgIpc) is 2.38. The highest BCUT2D eigenvalue weighted by Crippen LogP contribution is 2.28. The van der Waals surface area contributed by atoms with E-state index in [0.29, 0.717) is 0 Å². The van der Waals surface area contributed by atoms with Gasteiger partial charge < -0.3 is 10.4 Å². The number of hydrogen-bond donors (Lipinski definition) is 3. The van der Waals surface area contributed by atoms with Gasteiger partial charge in [0.05, 0.1) is 10.9 Å². The largest absolute Gasteiger partial charge is 0.508 e. The summed E-state index contributed by atoms with van der Waals surface area (Å²) < 4.78 is 22.4. The van der Waals surface area contributed by atoms with Crippen LogP contribution in [0.25, 0.3) is 0 Å². The number of anilines is 1. The Bertz CT molecular complexity index is 740. The lowest BCUT2D eigenvalue weighted by Gasteiger charge is -2.17. The molecule has 0 amide bonds. The number of aryl methyl sites for hydroxylation is 1. The Morgan fingerprint density at radius 3 is 2.29 bits per heavy atom. The normalized spacial score (nSPS) is 12.9. The van der Waals surface area contributed by atoms with Crippen molar-refractivity contribution in [2.75, 3.05) is 5.32 Å². The van der Waals surface area contributed by atoms with Gasteiger partial charge in [-0.25, -0.2) is 13.6 Å². The van der Waals surface area contributed by atoms with Crippen molar-refractivity contribution in [3.05, 3.63) is 53.6 Å². The molecule has 4 N–H and O–H groups in total. The van der Waals surface area contributed by atoms with Gasteiger partial charge in [-0.3, -0.25) is 0 Å². The highest BCUT2D eigenvalue weighted by molar-refractivity contribution is 7.89. The van der Waals surface area contributed by atoms with Crippen molar-refractivity contribution in [2.24, 2.45) is 5.14 Å². The molecule has 0 radical (unpaired) electrons. The van der Waals surface area contributed by atoms with Crippen molar-refractivity contribution >= 4 is 15.7 Å². The standard InChI is InChI=1S/C15H18N2O3S/c1-10-3-8-14(15(18)9-10)11(2)17-12-4-6-13(7-5-12)21(16,19)20/h3-9,11,17-18H,1-2H3,(H2,16,19,20). The van der Waals surface area contributed by atoms with E-state index in [1.807, 2.05) is 26.0 Å². The third kappa shape index (κ3) is 3.74. The first kappa shape index (κ1) is 15.3.